The average molecular weight is 1030 g/mol. The van der Waals surface area contributed by atoms with Crippen LogP contribution in [0.4, 0.5) is 34.1 Å². The molecule has 2 heterocycles. The van der Waals surface area contributed by atoms with Crippen LogP contribution in [0.1, 0.15) is 0 Å². The summed E-state index contributed by atoms with van der Waals surface area (Å²) in [4.78, 5) is 5.26. The molecule has 2 aliphatic heterocycles. The highest BCUT2D eigenvalue weighted by molar-refractivity contribution is 7.00. The molecule has 13 aromatic rings. The molecule has 0 spiro atoms. The van der Waals surface area contributed by atoms with Gasteiger partial charge in [-0.1, -0.05) is 297 Å². The van der Waals surface area contributed by atoms with Crippen molar-refractivity contribution in [2.75, 3.05) is 9.80 Å². The van der Waals surface area contributed by atoms with Gasteiger partial charge in [0.25, 0.3) is 6.71 Å². The third-order valence-electron chi connectivity index (χ3n) is 16.5. The fourth-order valence-corrected chi connectivity index (χ4v) is 12.9. The first-order chi connectivity index (χ1) is 40.2. The Hall–Kier alpha value is -10.5. The third-order valence-corrected chi connectivity index (χ3v) is 16.5. The van der Waals surface area contributed by atoms with Gasteiger partial charge in [-0.2, -0.15) is 0 Å². The van der Waals surface area contributed by atoms with Gasteiger partial charge in [0.15, 0.2) is 0 Å². The lowest BCUT2D eigenvalue weighted by Gasteiger charge is -2.45. The number of hydrogen-bond acceptors (Lipinski definition) is 2. The minimum atomic E-state index is -0.128. The summed E-state index contributed by atoms with van der Waals surface area (Å²) in [6.07, 6.45) is 0. The minimum Gasteiger partial charge on any atom is -0.310 e. The van der Waals surface area contributed by atoms with Gasteiger partial charge in [-0.25, -0.2) is 0 Å². The van der Waals surface area contributed by atoms with Crippen molar-refractivity contribution in [2.45, 2.75) is 0 Å². The summed E-state index contributed by atoms with van der Waals surface area (Å²) in [5.41, 5.74) is 29.2. The van der Waals surface area contributed by atoms with Crippen LogP contribution >= 0.6 is 0 Å². The largest absolute Gasteiger partial charge is 0.310 e. The van der Waals surface area contributed by atoms with Crippen molar-refractivity contribution in [3.05, 3.63) is 322 Å². The van der Waals surface area contributed by atoms with Crippen LogP contribution in [-0.4, -0.2) is 6.71 Å². The van der Waals surface area contributed by atoms with Gasteiger partial charge in [0.05, 0.1) is 11.4 Å². The van der Waals surface area contributed by atoms with Crippen LogP contribution in [0.2, 0.25) is 0 Å². The number of para-hydroxylation sites is 2. The Morgan fingerprint density at radius 2 is 0.469 bits per heavy atom. The smallest absolute Gasteiger partial charge is 0.252 e. The molecule has 0 N–H and O–H groups in total. The second-order valence-electron chi connectivity index (χ2n) is 21.1. The van der Waals surface area contributed by atoms with Crippen LogP contribution < -0.4 is 26.2 Å². The summed E-state index contributed by atoms with van der Waals surface area (Å²) in [6, 6.07) is 119. The van der Waals surface area contributed by atoms with Crippen molar-refractivity contribution < 1.29 is 0 Å². The topological polar surface area (TPSA) is 6.48 Å². The van der Waals surface area contributed by atoms with Crippen LogP contribution in [0.3, 0.4) is 0 Å². The summed E-state index contributed by atoms with van der Waals surface area (Å²) in [7, 11) is 0. The van der Waals surface area contributed by atoms with E-state index in [0.717, 1.165) is 78.6 Å². The van der Waals surface area contributed by atoms with Gasteiger partial charge in [-0.3, -0.25) is 0 Å². The highest BCUT2D eigenvalue weighted by atomic mass is 15.2. The van der Waals surface area contributed by atoms with E-state index in [4.69, 9.17) is 0 Å². The summed E-state index contributed by atoms with van der Waals surface area (Å²) in [5.74, 6) is 0. The maximum atomic E-state index is 2.63. The molecular weight excluding hydrogens is 976 g/mol. The van der Waals surface area contributed by atoms with Gasteiger partial charge in [0.1, 0.15) is 0 Å². The van der Waals surface area contributed by atoms with E-state index >= 15 is 0 Å². The highest BCUT2D eigenvalue weighted by Crippen LogP contribution is 2.54. The predicted octanol–water partition coefficient (Wildman–Crippen LogP) is 19.1. The average Bonchev–Trinajstić information content (AvgIpc) is 2.98. The van der Waals surface area contributed by atoms with E-state index in [-0.39, 0.29) is 6.71 Å². The lowest BCUT2D eigenvalue weighted by Crippen LogP contribution is -2.61. The van der Waals surface area contributed by atoms with Crippen LogP contribution in [0, 0.1) is 0 Å². The van der Waals surface area contributed by atoms with Gasteiger partial charge in [-0.05, 0) is 107 Å². The molecule has 0 unspecified atom stereocenters. The van der Waals surface area contributed by atoms with E-state index < -0.39 is 0 Å². The van der Waals surface area contributed by atoms with Gasteiger partial charge >= 0.3 is 0 Å². The molecule has 0 saturated carbocycles. The predicted molar refractivity (Wildman–Crippen MR) is 344 cm³/mol. The van der Waals surface area contributed by atoms with Crippen LogP contribution in [0.25, 0.3) is 89.0 Å². The van der Waals surface area contributed by atoms with Crippen molar-refractivity contribution in [1.29, 1.82) is 0 Å². The molecule has 0 saturated heterocycles. The standard InChI is InChI=1S/C78H53BN2/c1-7-26-54(27-8-1)60-48-50-70-74(52-60)80(77-64(58-34-15-5-16-35-58)42-23-44-68(77)66-40-21-19-38-62(66)56-30-11-3-12-31-56)72-46-25-47-73-76(72)79(70)71-51-49-61(55-28-9-2-10-29-55)53-75(71)81(73)78-65(59-36-17-6-18-37-59)43-24-45-69(78)67-41-22-20-39-63(67)57-32-13-4-14-33-57/h1-53H. The Kier molecular flexibility index (Phi) is 12.0. The lowest BCUT2D eigenvalue weighted by molar-refractivity contribution is 1.25. The zero-order valence-electron chi connectivity index (χ0n) is 44.6. The molecule has 2 aliphatic rings. The van der Waals surface area contributed by atoms with E-state index in [1.165, 1.54) is 60.9 Å². The quantitative estimate of drug-likeness (QED) is 0.126. The van der Waals surface area contributed by atoms with E-state index in [0.29, 0.717) is 0 Å². The van der Waals surface area contributed by atoms with Crippen molar-refractivity contribution in [1.82, 2.24) is 0 Å². The van der Waals surface area contributed by atoms with Gasteiger partial charge in [-0.15, -0.1) is 0 Å². The Bertz CT molecular complexity index is 4170. The van der Waals surface area contributed by atoms with Gasteiger partial charge in [0, 0.05) is 45.0 Å². The number of benzene rings is 13. The number of anilines is 6. The van der Waals surface area contributed by atoms with Crippen molar-refractivity contribution >= 4 is 57.2 Å². The minimum absolute atomic E-state index is 0.128. The normalized spacial score (nSPS) is 12.1. The fourth-order valence-electron chi connectivity index (χ4n) is 12.9. The first-order valence-electron chi connectivity index (χ1n) is 28.0. The van der Waals surface area contributed by atoms with Crippen LogP contribution in [0.5, 0.6) is 0 Å². The van der Waals surface area contributed by atoms with E-state index in [2.05, 4.69) is 331 Å². The first kappa shape index (κ1) is 47.7. The molecule has 0 radical (unpaired) electrons. The van der Waals surface area contributed by atoms with E-state index in [9.17, 15) is 0 Å². The number of hydrogen-bond donors (Lipinski definition) is 0. The highest BCUT2D eigenvalue weighted by Gasteiger charge is 2.45. The Labute approximate surface area is 474 Å². The SMILES string of the molecule is c1ccc(-c2ccc3c(c2)N(c2c(-c4ccccc4)cccc2-c2ccccc2-c2ccccc2)c2cccc4c2B3c2ccc(-c3ccccc3)cc2N4c2c(-c3ccccc3)cccc2-c2ccccc2-c2ccccc2)cc1. The van der Waals surface area contributed by atoms with E-state index in [1.54, 1.807) is 0 Å². The first-order valence-corrected chi connectivity index (χ1v) is 28.0. The summed E-state index contributed by atoms with van der Waals surface area (Å²) in [5, 5.41) is 0. The summed E-state index contributed by atoms with van der Waals surface area (Å²) < 4.78 is 0. The Morgan fingerprint density at radius 3 is 0.840 bits per heavy atom. The molecule has 0 bridgehead atoms. The number of fused-ring (bicyclic) bond motifs is 4. The maximum Gasteiger partial charge on any atom is 0.252 e. The molecule has 81 heavy (non-hydrogen) atoms. The van der Waals surface area contributed by atoms with Gasteiger partial charge in [0.2, 0.25) is 0 Å². The molecule has 2 nitrogen and oxygen atoms in total. The maximum absolute atomic E-state index is 2.63. The zero-order valence-corrected chi connectivity index (χ0v) is 44.6. The third kappa shape index (κ3) is 8.29. The molecule has 0 fully saturated rings. The number of nitrogens with zero attached hydrogens (tertiary/aromatic N) is 2. The van der Waals surface area contributed by atoms with Gasteiger partial charge < -0.3 is 9.80 Å². The summed E-state index contributed by atoms with van der Waals surface area (Å²) in [6.45, 7) is -0.128. The van der Waals surface area contributed by atoms with Crippen molar-refractivity contribution in [3.63, 3.8) is 0 Å². The molecule has 378 valence electrons. The van der Waals surface area contributed by atoms with Crippen molar-refractivity contribution in [3.8, 4) is 89.0 Å². The van der Waals surface area contributed by atoms with Crippen LogP contribution in [0.15, 0.2) is 322 Å². The second kappa shape index (κ2) is 20.4. The molecule has 0 aromatic heterocycles. The van der Waals surface area contributed by atoms with Crippen LogP contribution in [-0.2, 0) is 0 Å². The molecular formula is C78H53BN2. The van der Waals surface area contributed by atoms with E-state index in [1.807, 2.05) is 0 Å². The Balaban J connectivity index is 1.08. The molecule has 15 rings (SSSR count). The molecule has 3 heteroatoms. The molecule has 13 aromatic carbocycles. The monoisotopic (exact) mass is 1030 g/mol. The molecule has 0 atom stereocenters. The fraction of sp³-hybridized carbons (Fsp3) is 0. The molecule has 0 aliphatic carbocycles. The van der Waals surface area contributed by atoms with Crippen molar-refractivity contribution in [2.24, 2.45) is 0 Å². The second-order valence-corrected chi connectivity index (χ2v) is 21.1. The lowest BCUT2D eigenvalue weighted by atomic mass is 9.33. The molecule has 0 amide bonds. The summed E-state index contributed by atoms with van der Waals surface area (Å²) >= 11 is 0. The Morgan fingerprint density at radius 1 is 0.185 bits per heavy atom. The number of rotatable bonds is 10. The zero-order chi connectivity index (χ0) is 53.6.